The fraction of sp³-hybridized carbons (Fsp3) is 0.804. The van der Waals surface area contributed by atoms with Crippen LogP contribution in [0.3, 0.4) is 0 Å². The molecule has 28 nitrogen and oxygen atoms in total. The van der Waals surface area contributed by atoms with Crippen LogP contribution in [0.5, 0.6) is 11.5 Å². The normalized spacial score (nSPS) is 13.7. The summed E-state index contributed by atoms with van der Waals surface area (Å²) in [7, 11) is -9.32. The first-order valence-electron chi connectivity index (χ1n) is 51.9. The third kappa shape index (κ3) is 75.1. The molecule has 8 atom stereocenters. The predicted molar refractivity (Wildman–Crippen MR) is 527 cm³/mol. The number of aliphatic carboxylic acids is 2. The number of aromatic hydroxyl groups is 2. The number of phenols is 2. The molecule has 0 spiro atoms. The third-order valence-electron chi connectivity index (χ3n) is 23.8. The van der Waals surface area contributed by atoms with Gasteiger partial charge in [-0.3, -0.25) is 56.5 Å². The van der Waals surface area contributed by atoms with Crippen molar-refractivity contribution in [3.8, 4) is 11.5 Å². The number of phenolic OH excluding ortho intramolecular Hbond substituents is 2. The number of hydrogen-bond donors (Lipinski definition) is 12. The maximum Gasteiger partial charge on any atom is 0.472 e. The van der Waals surface area contributed by atoms with E-state index >= 15 is 0 Å². The zero-order valence-corrected chi connectivity index (χ0v) is 84.5. The number of unbranched alkanes of at least 4 members (excludes halogenated alkanes) is 44. The number of ether oxygens (including phenoxy) is 2. The lowest BCUT2D eigenvalue weighted by atomic mass is 9.98. The molecule has 0 bridgehead atoms. The lowest BCUT2D eigenvalue weighted by Crippen LogP contribution is -2.42. The Morgan fingerprint density at radius 1 is 0.288 bits per heavy atom. The van der Waals surface area contributed by atoms with Gasteiger partial charge in [-0.25, -0.2) is 9.13 Å². The summed E-state index contributed by atoms with van der Waals surface area (Å²) >= 11 is 0. The van der Waals surface area contributed by atoms with Crippen LogP contribution in [0.2, 0.25) is 0 Å². The molecule has 0 saturated carbocycles. The van der Waals surface area contributed by atoms with Crippen molar-refractivity contribution in [1.29, 1.82) is 0 Å². The maximum absolute atomic E-state index is 13.1. The predicted octanol–water partition coefficient (Wildman–Crippen LogP) is 22.5. The number of benzene rings is 2. The Bertz CT molecular complexity index is 3080. The number of carbonyl (C=O) groups excluding carboxylic acids is 6. The average molecular weight is 1910 g/mol. The number of phosphoric ester groups is 2. The highest BCUT2D eigenvalue weighted by Crippen LogP contribution is 2.44. The first-order valence-corrected chi connectivity index (χ1v) is 54.9. The van der Waals surface area contributed by atoms with Gasteiger partial charge in [0.05, 0.1) is 51.7 Å². The van der Waals surface area contributed by atoms with Crippen molar-refractivity contribution >= 4 is 63.0 Å². The SMILES string of the molecule is CCCCCCCCCCCCCC(=O)N[C@H](COCC[C@H](CCCCCCC)NC(=O)CCCCCCCCCCC)COP(=O)(O)OCCNC(=O)C(Cc1ccc(O)cc1)C(=O)O.CCCCCCCCCCCCCC(=O)N[C@H](COCC[C@H](CCCCCCC)NC(=O)CCCCCCCCCCC)COP(=O)(O)OCCNC(=O)[C@H](Cc1ccc(O)cc1)C(=O)O. The highest BCUT2D eigenvalue weighted by molar-refractivity contribution is 7.47. The molecule has 0 aliphatic rings. The van der Waals surface area contributed by atoms with Crippen LogP contribution in [0.25, 0.3) is 0 Å². The Labute approximate surface area is 795 Å². The molecule has 0 aliphatic carbocycles. The van der Waals surface area contributed by atoms with Crippen molar-refractivity contribution in [3.63, 3.8) is 0 Å². The number of nitrogens with one attached hydrogen (secondary N) is 6. The van der Waals surface area contributed by atoms with Gasteiger partial charge in [0.2, 0.25) is 35.4 Å². The van der Waals surface area contributed by atoms with Gasteiger partial charge in [0.1, 0.15) is 23.3 Å². The van der Waals surface area contributed by atoms with E-state index in [2.05, 4.69) is 73.4 Å². The molecule has 0 aliphatic heterocycles. The Hall–Kier alpha value is -6.06. The van der Waals surface area contributed by atoms with Crippen LogP contribution >= 0.6 is 15.6 Å². The molecule has 6 amide bonds. The minimum absolute atomic E-state index is 0.00721. The van der Waals surface area contributed by atoms with Crippen LogP contribution in [0.4, 0.5) is 0 Å². The monoisotopic (exact) mass is 1910 g/mol. The van der Waals surface area contributed by atoms with Gasteiger partial charge in [-0.1, -0.05) is 361 Å². The van der Waals surface area contributed by atoms with E-state index in [-0.39, 0.29) is 99.6 Å². The number of phosphoric acid groups is 2. The van der Waals surface area contributed by atoms with Crippen molar-refractivity contribution in [2.45, 2.75) is 451 Å². The quantitative estimate of drug-likeness (QED) is 0.0166. The molecule has 3 unspecified atom stereocenters. The Morgan fingerprint density at radius 3 is 0.758 bits per heavy atom. The second kappa shape index (κ2) is 85.4. The Kier molecular flexibility index (Phi) is 80.2. The van der Waals surface area contributed by atoms with E-state index in [1.54, 1.807) is 0 Å². The Morgan fingerprint density at radius 2 is 0.515 bits per heavy atom. The van der Waals surface area contributed by atoms with Gasteiger partial charge in [-0.05, 0) is 99.6 Å². The van der Waals surface area contributed by atoms with Gasteiger partial charge >= 0.3 is 27.6 Å². The molecule has 2 rings (SSSR count). The summed E-state index contributed by atoms with van der Waals surface area (Å²) in [4.78, 5) is 122. The minimum Gasteiger partial charge on any atom is -0.508 e. The summed E-state index contributed by atoms with van der Waals surface area (Å²) in [5.74, 6) is -7.43. The molecular weight excluding hydrogens is 1720 g/mol. The van der Waals surface area contributed by atoms with Crippen LogP contribution in [0.1, 0.15) is 425 Å². The number of amides is 6. The largest absolute Gasteiger partial charge is 0.508 e. The van der Waals surface area contributed by atoms with Crippen molar-refractivity contribution in [3.05, 3.63) is 59.7 Å². The molecule has 2 aromatic carbocycles. The van der Waals surface area contributed by atoms with Gasteiger partial charge < -0.3 is 71.6 Å². The molecule has 12 N–H and O–H groups in total. The molecule has 0 radical (unpaired) electrons. The molecule has 2 aromatic rings. The topological polar surface area (TPSA) is 420 Å². The summed E-state index contributed by atoms with van der Waals surface area (Å²) < 4.78 is 58.6. The van der Waals surface area contributed by atoms with Crippen LogP contribution in [0, 0.1) is 11.8 Å². The van der Waals surface area contributed by atoms with E-state index in [0.717, 1.165) is 154 Å². The summed E-state index contributed by atoms with van der Waals surface area (Å²) in [5, 5.41) is 55.4. The number of hydrogen-bond acceptors (Lipinski definition) is 18. The average Bonchev–Trinajstić information content (AvgIpc) is 0.883. The highest BCUT2D eigenvalue weighted by atomic mass is 31.2. The molecule has 0 saturated heterocycles. The molecule has 132 heavy (non-hydrogen) atoms. The van der Waals surface area contributed by atoms with E-state index in [4.69, 9.17) is 27.6 Å². The van der Waals surface area contributed by atoms with E-state index < -0.39 is 76.5 Å². The fourth-order valence-electron chi connectivity index (χ4n) is 15.7. The molecule has 30 heteroatoms. The van der Waals surface area contributed by atoms with E-state index in [9.17, 15) is 77.7 Å². The van der Waals surface area contributed by atoms with E-state index in [1.807, 2.05) is 0 Å². The van der Waals surface area contributed by atoms with Crippen molar-refractivity contribution in [2.75, 3.05) is 65.9 Å². The lowest BCUT2D eigenvalue weighted by molar-refractivity contribution is -0.148. The molecule has 0 heterocycles. The smallest absolute Gasteiger partial charge is 0.472 e. The van der Waals surface area contributed by atoms with Gasteiger partial charge in [0.15, 0.2) is 0 Å². The number of carboxylic acid groups (broad SMARTS) is 2. The molecular formula is C102H184N6O22P2. The van der Waals surface area contributed by atoms with Gasteiger partial charge in [-0.2, -0.15) is 0 Å². The fourth-order valence-corrected chi connectivity index (χ4v) is 17.2. The molecule has 764 valence electrons. The zero-order chi connectivity index (χ0) is 97.0. The van der Waals surface area contributed by atoms with E-state index in [1.165, 1.54) is 228 Å². The Balaban J connectivity index is 0.00000132. The second-order valence-electron chi connectivity index (χ2n) is 36.2. The number of carbonyl (C=O) groups is 8. The minimum atomic E-state index is -4.66. The summed E-state index contributed by atoms with van der Waals surface area (Å²) in [6.07, 6.45) is 62.4. The van der Waals surface area contributed by atoms with Gasteiger partial charge in [0, 0.05) is 64.1 Å². The third-order valence-corrected chi connectivity index (χ3v) is 25.8. The summed E-state index contributed by atoms with van der Waals surface area (Å²) in [6, 6.07) is 10.0. The first-order chi connectivity index (χ1) is 63.8. The van der Waals surface area contributed by atoms with Crippen LogP contribution < -0.4 is 31.9 Å². The van der Waals surface area contributed by atoms with Crippen molar-refractivity contribution < 1.29 is 105 Å². The zero-order valence-electron chi connectivity index (χ0n) is 82.7. The lowest BCUT2D eigenvalue weighted by Gasteiger charge is -2.22. The van der Waals surface area contributed by atoms with Crippen LogP contribution in [-0.4, -0.2) is 168 Å². The molecule has 0 fully saturated rings. The highest BCUT2D eigenvalue weighted by Gasteiger charge is 2.31. The van der Waals surface area contributed by atoms with Gasteiger partial charge in [-0.15, -0.1) is 0 Å². The molecule has 0 aromatic heterocycles. The van der Waals surface area contributed by atoms with E-state index in [0.29, 0.717) is 62.9 Å². The first kappa shape index (κ1) is 124. The van der Waals surface area contributed by atoms with Crippen LogP contribution in [-0.2, 0) is 87.9 Å². The number of rotatable bonds is 92. The van der Waals surface area contributed by atoms with Crippen LogP contribution in [0.15, 0.2) is 48.5 Å². The maximum atomic E-state index is 13.1. The summed E-state index contributed by atoms with van der Waals surface area (Å²) in [6.45, 7) is 11.7. The summed E-state index contributed by atoms with van der Waals surface area (Å²) in [5.41, 5.74) is 1.07. The van der Waals surface area contributed by atoms with Crippen molar-refractivity contribution in [1.82, 2.24) is 31.9 Å². The standard InChI is InChI=1S/2C51H92N3O11P/c2*1-4-7-10-13-15-17-18-20-22-25-28-31-49(57)54-45(42-65-66(61,62)64-39-37-52-50(58)47(51(59)60)40-43-32-34-46(55)35-33-43)41-63-38-36-44(29-26-23-12-9-6-3)53-48(56)30-27-24-21-19-16-14-11-8-5-2/h2*32-35,44-45,47,55H,4-31,36-42H2,1-3H3,(H,52,58)(H,53,56)(H,54,57)(H,59,60)(H,61,62)/t44-,45+,47?;44-,45+,47-/m00/s1. The van der Waals surface area contributed by atoms with Crippen molar-refractivity contribution in [2.24, 2.45) is 11.8 Å². The van der Waals surface area contributed by atoms with Gasteiger partial charge in [0.25, 0.3) is 0 Å². The number of carboxylic acids is 2. The second-order valence-corrected chi connectivity index (χ2v) is 39.1.